The van der Waals surface area contributed by atoms with Gasteiger partial charge in [-0.25, -0.2) is 4.98 Å². The molecule has 1 unspecified atom stereocenters. The lowest BCUT2D eigenvalue weighted by Crippen LogP contribution is -2.25. The Bertz CT molecular complexity index is 682. The largest absolute Gasteiger partial charge is 0.363 e. The van der Waals surface area contributed by atoms with Crippen molar-refractivity contribution < 1.29 is 0 Å². The highest BCUT2D eigenvalue weighted by atomic mass is 35.5. The Labute approximate surface area is 121 Å². The van der Waals surface area contributed by atoms with Crippen molar-refractivity contribution in [1.29, 1.82) is 0 Å². The second-order valence-electron chi connectivity index (χ2n) is 4.52. The third kappa shape index (κ3) is 2.72. The Morgan fingerprint density at radius 2 is 2.10 bits per heavy atom. The first kappa shape index (κ1) is 12.9. The van der Waals surface area contributed by atoms with Crippen molar-refractivity contribution in [3.05, 3.63) is 54.6 Å². The highest BCUT2D eigenvalue weighted by Crippen LogP contribution is 2.14. The standard InChI is InChI=1S/C14H14ClN5/c15-9-12(8-11-4-2-1-3-5-11)18-13-14-19-17-10-20(14)7-6-16-13/h1-7,10,12H,8-9H2,(H,16,18). The summed E-state index contributed by atoms with van der Waals surface area (Å²) in [6.07, 6.45) is 6.01. The predicted molar refractivity (Wildman–Crippen MR) is 79.1 cm³/mol. The van der Waals surface area contributed by atoms with E-state index in [-0.39, 0.29) is 6.04 Å². The van der Waals surface area contributed by atoms with Gasteiger partial charge < -0.3 is 5.32 Å². The zero-order valence-corrected chi connectivity index (χ0v) is 11.5. The number of hydrogen-bond acceptors (Lipinski definition) is 4. The maximum atomic E-state index is 6.06. The molecule has 0 saturated heterocycles. The third-order valence-corrected chi connectivity index (χ3v) is 3.44. The van der Waals surface area contributed by atoms with E-state index < -0.39 is 0 Å². The molecule has 2 aromatic heterocycles. The van der Waals surface area contributed by atoms with Crippen LogP contribution >= 0.6 is 11.6 Å². The lowest BCUT2D eigenvalue weighted by molar-refractivity contribution is 0.790. The number of rotatable bonds is 5. The van der Waals surface area contributed by atoms with E-state index in [1.165, 1.54) is 5.56 Å². The average molecular weight is 288 g/mol. The van der Waals surface area contributed by atoms with Gasteiger partial charge in [0.2, 0.25) is 5.65 Å². The Morgan fingerprint density at radius 3 is 2.90 bits per heavy atom. The molecule has 3 rings (SSSR count). The summed E-state index contributed by atoms with van der Waals surface area (Å²) in [6.45, 7) is 0. The molecule has 20 heavy (non-hydrogen) atoms. The van der Waals surface area contributed by atoms with Crippen molar-refractivity contribution in [3.8, 4) is 0 Å². The molecule has 0 fully saturated rings. The van der Waals surface area contributed by atoms with E-state index in [0.717, 1.165) is 6.42 Å². The van der Waals surface area contributed by atoms with Gasteiger partial charge in [0.1, 0.15) is 6.33 Å². The quantitative estimate of drug-likeness (QED) is 0.732. The number of hydrogen-bond donors (Lipinski definition) is 1. The van der Waals surface area contributed by atoms with Crippen LogP contribution in [0, 0.1) is 0 Å². The number of nitrogens with zero attached hydrogens (tertiary/aromatic N) is 4. The summed E-state index contributed by atoms with van der Waals surface area (Å²) in [7, 11) is 0. The number of halogens is 1. The lowest BCUT2D eigenvalue weighted by Gasteiger charge is -2.16. The molecular weight excluding hydrogens is 274 g/mol. The fraction of sp³-hybridized carbons (Fsp3) is 0.214. The van der Waals surface area contributed by atoms with E-state index in [0.29, 0.717) is 17.3 Å². The van der Waals surface area contributed by atoms with Crippen LogP contribution in [0.5, 0.6) is 0 Å². The molecule has 0 spiro atoms. The lowest BCUT2D eigenvalue weighted by atomic mass is 10.1. The van der Waals surface area contributed by atoms with E-state index in [9.17, 15) is 0 Å². The van der Waals surface area contributed by atoms with E-state index in [1.54, 1.807) is 12.5 Å². The van der Waals surface area contributed by atoms with E-state index in [1.807, 2.05) is 28.8 Å². The van der Waals surface area contributed by atoms with E-state index >= 15 is 0 Å². The van der Waals surface area contributed by atoms with Gasteiger partial charge in [0.05, 0.1) is 0 Å². The average Bonchev–Trinajstić information content (AvgIpc) is 2.97. The highest BCUT2D eigenvalue weighted by Gasteiger charge is 2.12. The molecule has 1 aromatic carbocycles. The first-order valence-corrected chi connectivity index (χ1v) is 6.91. The number of aromatic nitrogens is 4. The molecule has 3 aromatic rings. The van der Waals surface area contributed by atoms with Crippen molar-refractivity contribution in [2.75, 3.05) is 11.2 Å². The second-order valence-corrected chi connectivity index (χ2v) is 4.83. The number of anilines is 1. The van der Waals surface area contributed by atoms with Crippen LogP contribution in [-0.4, -0.2) is 31.5 Å². The molecule has 0 saturated carbocycles. The van der Waals surface area contributed by atoms with Crippen LogP contribution in [0.2, 0.25) is 0 Å². The zero-order chi connectivity index (χ0) is 13.8. The molecule has 102 valence electrons. The molecule has 0 aliphatic rings. The second kappa shape index (κ2) is 5.88. The first-order chi connectivity index (χ1) is 9.86. The summed E-state index contributed by atoms with van der Waals surface area (Å²) in [6, 6.07) is 10.3. The first-order valence-electron chi connectivity index (χ1n) is 6.37. The van der Waals surface area contributed by atoms with Gasteiger partial charge in [-0.05, 0) is 12.0 Å². The van der Waals surface area contributed by atoms with Crippen molar-refractivity contribution in [2.24, 2.45) is 0 Å². The van der Waals surface area contributed by atoms with Gasteiger partial charge in [-0.1, -0.05) is 30.3 Å². The van der Waals surface area contributed by atoms with Gasteiger partial charge in [-0.2, -0.15) is 0 Å². The van der Waals surface area contributed by atoms with Crippen LogP contribution in [0.4, 0.5) is 5.82 Å². The molecule has 2 heterocycles. The third-order valence-electron chi connectivity index (χ3n) is 3.07. The summed E-state index contributed by atoms with van der Waals surface area (Å²) in [5.74, 6) is 1.19. The summed E-state index contributed by atoms with van der Waals surface area (Å²) in [5, 5.41) is 11.3. The summed E-state index contributed by atoms with van der Waals surface area (Å²) >= 11 is 6.06. The van der Waals surface area contributed by atoms with Crippen LogP contribution in [0.1, 0.15) is 5.56 Å². The van der Waals surface area contributed by atoms with Gasteiger partial charge in [-0.3, -0.25) is 4.40 Å². The van der Waals surface area contributed by atoms with Gasteiger partial charge >= 0.3 is 0 Å². The molecular formula is C14H14ClN5. The predicted octanol–water partition coefficient (Wildman–Crippen LogP) is 2.39. The maximum absolute atomic E-state index is 6.06. The maximum Gasteiger partial charge on any atom is 0.203 e. The Morgan fingerprint density at radius 1 is 1.25 bits per heavy atom. The van der Waals surface area contributed by atoms with Crippen LogP contribution in [0.3, 0.4) is 0 Å². The van der Waals surface area contributed by atoms with Crippen molar-refractivity contribution in [2.45, 2.75) is 12.5 Å². The van der Waals surface area contributed by atoms with Crippen molar-refractivity contribution in [1.82, 2.24) is 19.6 Å². The van der Waals surface area contributed by atoms with Crippen LogP contribution in [0.25, 0.3) is 5.65 Å². The van der Waals surface area contributed by atoms with Crippen molar-refractivity contribution in [3.63, 3.8) is 0 Å². The Kier molecular flexibility index (Phi) is 3.78. The normalized spacial score (nSPS) is 12.4. The molecule has 1 N–H and O–H groups in total. The topological polar surface area (TPSA) is 55.1 Å². The molecule has 6 heteroatoms. The van der Waals surface area contributed by atoms with Gasteiger partial charge in [-0.15, -0.1) is 21.8 Å². The summed E-state index contributed by atoms with van der Waals surface area (Å²) in [5.41, 5.74) is 1.94. The van der Waals surface area contributed by atoms with Crippen LogP contribution < -0.4 is 5.32 Å². The smallest absolute Gasteiger partial charge is 0.203 e. The van der Waals surface area contributed by atoms with Crippen LogP contribution in [-0.2, 0) is 6.42 Å². The fourth-order valence-corrected chi connectivity index (χ4v) is 2.28. The molecule has 0 aliphatic carbocycles. The molecule has 0 bridgehead atoms. The zero-order valence-electron chi connectivity index (χ0n) is 10.8. The minimum atomic E-state index is 0.0921. The van der Waals surface area contributed by atoms with Gasteiger partial charge in [0.25, 0.3) is 0 Å². The summed E-state index contributed by atoms with van der Waals surface area (Å²) in [4.78, 5) is 4.32. The molecule has 5 nitrogen and oxygen atoms in total. The summed E-state index contributed by atoms with van der Waals surface area (Å²) < 4.78 is 1.82. The van der Waals surface area contributed by atoms with E-state index in [2.05, 4.69) is 32.6 Å². The highest BCUT2D eigenvalue weighted by molar-refractivity contribution is 6.18. The number of nitrogens with one attached hydrogen (secondary N) is 1. The monoisotopic (exact) mass is 287 g/mol. The number of alkyl halides is 1. The minimum absolute atomic E-state index is 0.0921. The SMILES string of the molecule is ClCC(Cc1ccccc1)Nc1nccn2cnnc12. The van der Waals surface area contributed by atoms with Crippen LogP contribution in [0.15, 0.2) is 49.1 Å². The Hall–Kier alpha value is -2.14. The molecule has 0 amide bonds. The molecule has 1 atom stereocenters. The minimum Gasteiger partial charge on any atom is -0.363 e. The fourth-order valence-electron chi connectivity index (χ4n) is 2.10. The van der Waals surface area contributed by atoms with Gasteiger partial charge in [0, 0.05) is 24.3 Å². The Balaban J connectivity index is 1.79. The van der Waals surface area contributed by atoms with Crippen molar-refractivity contribution >= 4 is 23.1 Å². The van der Waals surface area contributed by atoms with Gasteiger partial charge in [0.15, 0.2) is 5.82 Å². The van der Waals surface area contributed by atoms with E-state index in [4.69, 9.17) is 11.6 Å². The number of benzene rings is 1. The molecule has 0 aliphatic heterocycles. The number of fused-ring (bicyclic) bond motifs is 1. The molecule has 0 radical (unpaired) electrons.